The fraction of sp³-hybridized carbons (Fsp3) is 0.417. The molecule has 0 bridgehead atoms. The van der Waals surface area contributed by atoms with Crippen molar-refractivity contribution >= 4 is 5.91 Å². The van der Waals surface area contributed by atoms with Gasteiger partial charge in [0.15, 0.2) is 0 Å². The fourth-order valence-electron chi connectivity index (χ4n) is 3.85. The number of nitrogens with one attached hydrogen (secondary N) is 1. The van der Waals surface area contributed by atoms with Crippen molar-refractivity contribution < 1.29 is 9.53 Å². The number of nitriles is 1. The summed E-state index contributed by atoms with van der Waals surface area (Å²) in [6, 6.07) is 18.1. The number of methoxy groups -OCH3 is 1. The Hall–Kier alpha value is -2.68. The summed E-state index contributed by atoms with van der Waals surface area (Å²) in [4.78, 5) is 14.5. The number of ether oxygens (including phenoxy) is 1. The van der Waals surface area contributed by atoms with Crippen molar-refractivity contribution in [3.63, 3.8) is 0 Å². The standard InChI is InChI=1S/C24H29N3O2/c1-29-15-12-26-24(28)21-8-6-19(7-9-21)16-20-10-13-27(14-11-20)18-23-5-3-2-4-22(23)17-25/h2-9,20H,10-16,18H2,1H3,(H,26,28). The molecular formula is C24H29N3O2. The molecule has 5 heteroatoms. The molecule has 1 N–H and O–H groups in total. The van der Waals surface area contributed by atoms with E-state index in [1.165, 1.54) is 5.56 Å². The first kappa shape index (κ1) is 21.0. The Morgan fingerprint density at radius 1 is 1.17 bits per heavy atom. The van der Waals surface area contributed by atoms with Crippen LogP contribution in [-0.2, 0) is 17.7 Å². The SMILES string of the molecule is COCCNC(=O)c1ccc(CC2CCN(Cc3ccccc3C#N)CC2)cc1. The molecule has 0 spiro atoms. The number of piperidine rings is 1. The lowest BCUT2D eigenvalue weighted by Gasteiger charge is -2.32. The van der Waals surface area contributed by atoms with Crippen molar-refractivity contribution in [2.75, 3.05) is 33.4 Å². The fourth-order valence-corrected chi connectivity index (χ4v) is 3.85. The zero-order valence-corrected chi connectivity index (χ0v) is 17.1. The Balaban J connectivity index is 1.46. The Bertz CT molecular complexity index is 834. The highest BCUT2D eigenvalue weighted by Gasteiger charge is 2.20. The highest BCUT2D eigenvalue weighted by atomic mass is 16.5. The number of likely N-dealkylation sites (tertiary alicyclic amines) is 1. The van der Waals surface area contributed by atoms with Gasteiger partial charge in [0.25, 0.3) is 5.91 Å². The topological polar surface area (TPSA) is 65.4 Å². The second kappa shape index (κ2) is 10.8. The van der Waals surface area contributed by atoms with E-state index in [9.17, 15) is 10.1 Å². The highest BCUT2D eigenvalue weighted by Crippen LogP contribution is 2.23. The van der Waals surface area contributed by atoms with E-state index in [-0.39, 0.29) is 5.91 Å². The van der Waals surface area contributed by atoms with Crippen molar-refractivity contribution in [2.45, 2.75) is 25.8 Å². The molecule has 3 rings (SSSR count). The smallest absolute Gasteiger partial charge is 0.251 e. The molecule has 0 aromatic heterocycles. The van der Waals surface area contributed by atoms with Crippen LogP contribution in [-0.4, -0.2) is 44.2 Å². The Morgan fingerprint density at radius 3 is 2.59 bits per heavy atom. The maximum atomic E-state index is 12.1. The molecule has 1 aliphatic heterocycles. The summed E-state index contributed by atoms with van der Waals surface area (Å²) in [5.74, 6) is 0.610. The number of benzene rings is 2. The van der Waals surface area contributed by atoms with Crippen LogP contribution >= 0.6 is 0 Å². The van der Waals surface area contributed by atoms with Crippen LogP contribution < -0.4 is 5.32 Å². The van der Waals surface area contributed by atoms with Gasteiger partial charge in [0.1, 0.15) is 0 Å². The van der Waals surface area contributed by atoms with Crippen molar-refractivity contribution in [1.82, 2.24) is 10.2 Å². The number of carbonyl (C=O) groups excluding carboxylic acids is 1. The molecule has 1 aliphatic rings. The molecular weight excluding hydrogens is 362 g/mol. The largest absolute Gasteiger partial charge is 0.383 e. The monoisotopic (exact) mass is 391 g/mol. The maximum absolute atomic E-state index is 12.1. The summed E-state index contributed by atoms with van der Waals surface area (Å²) in [6.45, 7) is 4.01. The molecule has 5 nitrogen and oxygen atoms in total. The van der Waals surface area contributed by atoms with Gasteiger partial charge in [-0.05, 0) is 67.6 Å². The van der Waals surface area contributed by atoms with Gasteiger partial charge in [0, 0.05) is 25.8 Å². The Labute approximate surface area is 173 Å². The minimum absolute atomic E-state index is 0.0560. The first-order chi connectivity index (χ1) is 14.2. The molecule has 1 heterocycles. The van der Waals surface area contributed by atoms with E-state index in [4.69, 9.17) is 4.74 Å². The van der Waals surface area contributed by atoms with Crippen LogP contribution in [0.15, 0.2) is 48.5 Å². The molecule has 0 aliphatic carbocycles. The highest BCUT2D eigenvalue weighted by molar-refractivity contribution is 5.94. The number of rotatable bonds is 8. The van der Waals surface area contributed by atoms with E-state index in [0.717, 1.165) is 50.0 Å². The zero-order valence-electron chi connectivity index (χ0n) is 17.1. The minimum atomic E-state index is -0.0560. The molecule has 2 aromatic rings. The maximum Gasteiger partial charge on any atom is 0.251 e. The molecule has 1 saturated heterocycles. The predicted molar refractivity (Wildman–Crippen MR) is 114 cm³/mol. The number of carbonyl (C=O) groups is 1. The molecule has 0 atom stereocenters. The number of amides is 1. The third-order valence-corrected chi connectivity index (χ3v) is 5.57. The van der Waals surface area contributed by atoms with Crippen molar-refractivity contribution in [3.8, 4) is 6.07 Å². The number of hydrogen-bond acceptors (Lipinski definition) is 4. The average molecular weight is 392 g/mol. The second-order valence-electron chi connectivity index (χ2n) is 7.64. The van der Waals surface area contributed by atoms with Gasteiger partial charge >= 0.3 is 0 Å². The average Bonchev–Trinajstić information content (AvgIpc) is 2.76. The van der Waals surface area contributed by atoms with Gasteiger partial charge in [-0.15, -0.1) is 0 Å². The minimum Gasteiger partial charge on any atom is -0.383 e. The van der Waals surface area contributed by atoms with Crippen LogP contribution in [0.2, 0.25) is 0 Å². The zero-order chi connectivity index (χ0) is 20.5. The van der Waals surface area contributed by atoms with Gasteiger partial charge in [-0.1, -0.05) is 30.3 Å². The van der Waals surface area contributed by atoms with E-state index < -0.39 is 0 Å². The van der Waals surface area contributed by atoms with E-state index in [1.54, 1.807) is 7.11 Å². The number of hydrogen-bond donors (Lipinski definition) is 1. The summed E-state index contributed by atoms with van der Waals surface area (Å²) in [5.41, 5.74) is 3.87. The molecule has 0 radical (unpaired) electrons. The van der Waals surface area contributed by atoms with Crippen molar-refractivity contribution in [3.05, 3.63) is 70.8 Å². The molecule has 152 valence electrons. The van der Waals surface area contributed by atoms with Gasteiger partial charge in [-0.2, -0.15) is 5.26 Å². The van der Waals surface area contributed by atoms with Crippen molar-refractivity contribution in [1.29, 1.82) is 5.26 Å². The summed E-state index contributed by atoms with van der Waals surface area (Å²) >= 11 is 0. The van der Waals surface area contributed by atoms with Crippen LogP contribution in [0.1, 0.15) is 39.9 Å². The van der Waals surface area contributed by atoms with Crippen LogP contribution in [0, 0.1) is 17.2 Å². The molecule has 1 amide bonds. The van der Waals surface area contributed by atoms with Gasteiger partial charge in [-0.3, -0.25) is 9.69 Å². The lowest BCUT2D eigenvalue weighted by molar-refractivity contribution is 0.0937. The summed E-state index contributed by atoms with van der Waals surface area (Å²) in [7, 11) is 1.62. The van der Waals surface area contributed by atoms with E-state index in [1.807, 2.05) is 30.3 Å². The van der Waals surface area contributed by atoms with E-state index in [0.29, 0.717) is 24.6 Å². The van der Waals surface area contributed by atoms with Gasteiger partial charge in [-0.25, -0.2) is 0 Å². The summed E-state index contributed by atoms with van der Waals surface area (Å²) in [5, 5.41) is 12.1. The van der Waals surface area contributed by atoms with Crippen LogP contribution in [0.3, 0.4) is 0 Å². The Morgan fingerprint density at radius 2 is 1.90 bits per heavy atom. The van der Waals surface area contributed by atoms with Gasteiger partial charge in [0.2, 0.25) is 0 Å². The second-order valence-corrected chi connectivity index (χ2v) is 7.64. The lowest BCUT2D eigenvalue weighted by atomic mass is 9.89. The number of nitrogens with zero attached hydrogens (tertiary/aromatic N) is 2. The molecule has 0 saturated carbocycles. The molecule has 29 heavy (non-hydrogen) atoms. The van der Waals surface area contributed by atoms with Crippen LogP contribution in [0.5, 0.6) is 0 Å². The van der Waals surface area contributed by atoms with Crippen LogP contribution in [0.4, 0.5) is 0 Å². The van der Waals surface area contributed by atoms with E-state index >= 15 is 0 Å². The molecule has 0 unspecified atom stereocenters. The van der Waals surface area contributed by atoms with Gasteiger partial charge in [0.05, 0.1) is 18.2 Å². The molecule has 2 aromatic carbocycles. The normalized spacial score (nSPS) is 15.0. The third-order valence-electron chi connectivity index (χ3n) is 5.57. The van der Waals surface area contributed by atoms with Crippen molar-refractivity contribution in [2.24, 2.45) is 5.92 Å². The summed E-state index contributed by atoms with van der Waals surface area (Å²) < 4.78 is 4.95. The summed E-state index contributed by atoms with van der Waals surface area (Å²) in [6.07, 6.45) is 3.37. The first-order valence-electron chi connectivity index (χ1n) is 10.3. The molecule has 1 fully saturated rings. The van der Waals surface area contributed by atoms with Gasteiger partial charge < -0.3 is 10.1 Å². The third kappa shape index (κ3) is 6.15. The first-order valence-corrected chi connectivity index (χ1v) is 10.3. The van der Waals surface area contributed by atoms with E-state index in [2.05, 4.69) is 34.5 Å². The quantitative estimate of drug-likeness (QED) is 0.701. The van der Waals surface area contributed by atoms with Crippen LogP contribution in [0.25, 0.3) is 0 Å². The Kier molecular flexibility index (Phi) is 7.80. The lowest BCUT2D eigenvalue weighted by Crippen LogP contribution is -2.34. The predicted octanol–water partition coefficient (Wildman–Crippen LogP) is 3.39.